The summed E-state index contributed by atoms with van der Waals surface area (Å²) in [5.74, 6) is 0.694. The van der Waals surface area contributed by atoms with Crippen molar-refractivity contribution in [3.8, 4) is 0 Å². The van der Waals surface area contributed by atoms with Crippen LogP contribution in [0.3, 0.4) is 0 Å². The maximum Gasteiger partial charge on any atom is 0.0938 e. The Balaban J connectivity index is 2.53. The quantitative estimate of drug-likeness (QED) is 0.594. The summed E-state index contributed by atoms with van der Waals surface area (Å²) in [6.45, 7) is 2.64. The Morgan fingerprint density at radius 1 is 1.67 bits per heavy atom. The molecule has 2 nitrogen and oxygen atoms in total. The van der Waals surface area contributed by atoms with Crippen LogP contribution in [0.2, 0.25) is 4.34 Å². The molecule has 0 aliphatic rings. The van der Waals surface area contributed by atoms with E-state index in [0.29, 0.717) is 12.4 Å². The molecule has 1 rings (SSSR count). The van der Waals surface area contributed by atoms with Gasteiger partial charge in [-0.15, -0.1) is 11.3 Å². The van der Waals surface area contributed by atoms with Gasteiger partial charge in [-0.05, 0) is 12.1 Å². The summed E-state index contributed by atoms with van der Waals surface area (Å²) in [6, 6.07) is 3.85. The molecule has 0 radical (unpaired) electrons. The van der Waals surface area contributed by atoms with Crippen LogP contribution in [0, 0.1) is 0 Å². The van der Waals surface area contributed by atoms with Crippen LogP contribution in [-0.4, -0.2) is 5.84 Å². The summed E-state index contributed by atoms with van der Waals surface area (Å²) in [4.78, 5) is 5.32. The molecular formula is C8H11ClN2S. The van der Waals surface area contributed by atoms with Crippen molar-refractivity contribution in [3.63, 3.8) is 0 Å². The number of nitrogens with two attached hydrogens (primary N) is 1. The van der Waals surface area contributed by atoms with Crippen LogP contribution in [0.25, 0.3) is 0 Å². The Morgan fingerprint density at radius 3 is 2.92 bits per heavy atom. The highest BCUT2D eigenvalue weighted by molar-refractivity contribution is 7.16. The van der Waals surface area contributed by atoms with E-state index in [-0.39, 0.29) is 0 Å². The third-order valence-corrected chi connectivity index (χ3v) is 2.64. The molecule has 0 unspecified atom stereocenters. The molecule has 66 valence electrons. The standard InChI is InChI=1S/C8H11ClN2S/c1-2-8(10)11-5-6-3-4-7(9)12-6/h3-4H,2,5H2,1H3,(H2,10,11). The highest BCUT2D eigenvalue weighted by atomic mass is 35.5. The summed E-state index contributed by atoms with van der Waals surface area (Å²) < 4.78 is 0.801. The number of hydrogen-bond donors (Lipinski definition) is 1. The van der Waals surface area contributed by atoms with E-state index < -0.39 is 0 Å². The molecular weight excluding hydrogens is 192 g/mol. The van der Waals surface area contributed by atoms with Crippen LogP contribution in [0.5, 0.6) is 0 Å². The van der Waals surface area contributed by atoms with Crippen LogP contribution in [-0.2, 0) is 6.54 Å². The van der Waals surface area contributed by atoms with Gasteiger partial charge in [0.25, 0.3) is 0 Å². The lowest BCUT2D eigenvalue weighted by atomic mass is 10.4. The highest BCUT2D eigenvalue weighted by Crippen LogP contribution is 2.21. The molecule has 0 saturated heterocycles. The second-order valence-corrected chi connectivity index (χ2v) is 4.17. The first kappa shape index (κ1) is 9.55. The van der Waals surface area contributed by atoms with E-state index in [0.717, 1.165) is 15.6 Å². The van der Waals surface area contributed by atoms with Gasteiger partial charge in [0, 0.05) is 11.3 Å². The van der Waals surface area contributed by atoms with Crippen LogP contribution in [0.15, 0.2) is 17.1 Å². The van der Waals surface area contributed by atoms with Gasteiger partial charge in [-0.25, -0.2) is 0 Å². The molecule has 0 aliphatic carbocycles. The lowest BCUT2D eigenvalue weighted by Gasteiger charge is -1.93. The van der Waals surface area contributed by atoms with Crippen molar-refractivity contribution in [1.82, 2.24) is 0 Å². The minimum absolute atomic E-state index is 0.650. The minimum atomic E-state index is 0.650. The number of rotatable bonds is 3. The fraction of sp³-hybridized carbons (Fsp3) is 0.375. The van der Waals surface area contributed by atoms with Gasteiger partial charge in [0.1, 0.15) is 0 Å². The van der Waals surface area contributed by atoms with Crippen LogP contribution in [0.1, 0.15) is 18.2 Å². The van der Waals surface area contributed by atoms with Crippen molar-refractivity contribution in [2.75, 3.05) is 0 Å². The SMILES string of the molecule is CCC(N)=NCc1ccc(Cl)s1. The zero-order valence-corrected chi connectivity index (χ0v) is 8.45. The topological polar surface area (TPSA) is 38.4 Å². The molecule has 0 bridgehead atoms. The molecule has 4 heteroatoms. The molecule has 1 aromatic heterocycles. The van der Waals surface area contributed by atoms with E-state index in [1.54, 1.807) is 11.3 Å². The van der Waals surface area contributed by atoms with Gasteiger partial charge < -0.3 is 5.73 Å². The average Bonchev–Trinajstić information content (AvgIpc) is 2.47. The molecule has 0 spiro atoms. The van der Waals surface area contributed by atoms with Crippen molar-refractivity contribution in [3.05, 3.63) is 21.3 Å². The molecule has 0 fully saturated rings. The molecule has 0 amide bonds. The van der Waals surface area contributed by atoms with Gasteiger partial charge in [0.05, 0.1) is 16.7 Å². The fourth-order valence-electron chi connectivity index (χ4n) is 0.728. The largest absolute Gasteiger partial charge is 0.387 e. The van der Waals surface area contributed by atoms with E-state index >= 15 is 0 Å². The van der Waals surface area contributed by atoms with Crippen molar-refractivity contribution in [2.45, 2.75) is 19.9 Å². The molecule has 0 saturated carbocycles. The first-order chi connectivity index (χ1) is 5.72. The molecule has 2 N–H and O–H groups in total. The number of halogens is 1. The van der Waals surface area contributed by atoms with Gasteiger partial charge in [-0.3, -0.25) is 4.99 Å². The predicted molar refractivity (Wildman–Crippen MR) is 54.9 cm³/mol. The van der Waals surface area contributed by atoms with Gasteiger partial charge in [-0.1, -0.05) is 18.5 Å². The Bertz CT molecular complexity index is 280. The number of nitrogens with zero attached hydrogens (tertiary/aromatic N) is 1. The first-order valence-electron chi connectivity index (χ1n) is 3.75. The zero-order chi connectivity index (χ0) is 8.97. The van der Waals surface area contributed by atoms with Gasteiger partial charge in [0.2, 0.25) is 0 Å². The Hall–Kier alpha value is -0.540. The van der Waals surface area contributed by atoms with E-state index in [9.17, 15) is 0 Å². The van der Waals surface area contributed by atoms with Gasteiger partial charge in [-0.2, -0.15) is 0 Å². The van der Waals surface area contributed by atoms with E-state index in [1.165, 1.54) is 0 Å². The van der Waals surface area contributed by atoms with Crippen molar-refractivity contribution in [2.24, 2.45) is 10.7 Å². The lowest BCUT2D eigenvalue weighted by molar-refractivity contribution is 1.06. The van der Waals surface area contributed by atoms with E-state index in [4.69, 9.17) is 17.3 Å². The molecule has 12 heavy (non-hydrogen) atoms. The number of aliphatic imine (C=N–C) groups is 1. The molecule has 0 aromatic carbocycles. The summed E-state index contributed by atoms with van der Waals surface area (Å²) in [5.41, 5.74) is 5.55. The normalized spacial score (nSPS) is 12.0. The molecule has 0 atom stereocenters. The number of amidine groups is 1. The zero-order valence-electron chi connectivity index (χ0n) is 6.88. The van der Waals surface area contributed by atoms with Crippen molar-refractivity contribution >= 4 is 28.8 Å². The Labute approximate surface area is 81.1 Å². The highest BCUT2D eigenvalue weighted by Gasteiger charge is 1.95. The second kappa shape index (κ2) is 4.48. The summed E-state index contributed by atoms with van der Waals surface area (Å²) >= 11 is 7.29. The van der Waals surface area contributed by atoms with Crippen molar-refractivity contribution in [1.29, 1.82) is 0 Å². The van der Waals surface area contributed by atoms with E-state index in [2.05, 4.69) is 4.99 Å². The monoisotopic (exact) mass is 202 g/mol. The second-order valence-electron chi connectivity index (χ2n) is 2.37. The smallest absolute Gasteiger partial charge is 0.0938 e. The Morgan fingerprint density at radius 2 is 2.42 bits per heavy atom. The maximum atomic E-state index is 5.75. The van der Waals surface area contributed by atoms with Gasteiger partial charge >= 0.3 is 0 Å². The van der Waals surface area contributed by atoms with Crippen LogP contribution < -0.4 is 5.73 Å². The van der Waals surface area contributed by atoms with E-state index in [1.807, 2.05) is 19.1 Å². The maximum absolute atomic E-state index is 5.75. The molecule has 0 aliphatic heterocycles. The third kappa shape index (κ3) is 2.83. The fourth-order valence-corrected chi connectivity index (χ4v) is 1.74. The minimum Gasteiger partial charge on any atom is -0.387 e. The molecule has 1 heterocycles. The number of thiophene rings is 1. The van der Waals surface area contributed by atoms with Crippen molar-refractivity contribution < 1.29 is 0 Å². The van der Waals surface area contributed by atoms with Crippen LogP contribution in [0.4, 0.5) is 0 Å². The predicted octanol–water partition coefficient (Wildman–Crippen LogP) is 2.67. The summed E-state index contributed by atoms with van der Waals surface area (Å²) in [7, 11) is 0. The summed E-state index contributed by atoms with van der Waals surface area (Å²) in [5, 5.41) is 0. The summed E-state index contributed by atoms with van der Waals surface area (Å²) in [6.07, 6.45) is 0.805. The Kier molecular flexibility index (Phi) is 3.56. The molecule has 1 aromatic rings. The average molecular weight is 203 g/mol. The number of hydrogen-bond acceptors (Lipinski definition) is 2. The first-order valence-corrected chi connectivity index (χ1v) is 4.95. The van der Waals surface area contributed by atoms with Gasteiger partial charge in [0.15, 0.2) is 0 Å². The van der Waals surface area contributed by atoms with Crippen LogP contribution >= 0.6 is 22.9 Å². The third-order valence-electron chi connectivity index (χ3n) is 1.43. The lowest BCUT2D eigenvalue weighted by Crippen LogP contribution is -2.09.